The minimum Gasteiger partial charge on any atom is -0.370 e. The Morgan fingerprint density at radius 1 is 0.962 bits per heavy atom. The molecule has 0 radical (unpaired) electrons. The maximum absolute atomic E-state index is 15.0. The van der Waals surface area contributed by atoms with Crippen molar-refractivity contribution in [1.29, 1.82) is 0 Å². The number of carbonyl (C=O) groups is 8. The van der Waals surface area contributed by atoms with E-state index in [4.69, 9.17) is 20.5 Å². The normalized spacial score (nSPS) is 19.8. The van der Waals surface area contributed by atoms with Crippen LogP contribution >= 0.6 is 31.3 Å². The van der Waals surface area contributed by atoms with Crippen molar-refractivity contribution in [1.82, 2.24) is 35.6 Å². The van der Waals surface area contributed by atoms with Gasteiger partial charge in [-0.25, -0.2) is 9.51 Å². The number of aromatic nitrogens is 1. The van der Waals surface area contributed by atoms with Gasteiger partial charge in [-0.15, -0.1) is 22.7 Å². The first-order valence-corrected chi connectivity index (χ1v) is 28.8. The molecule has 4 aliphatic rings. The molecular weight excluding hydrogens is 1080 g/mol. The number of rotatable bonds is 19. The highest BCUT2D eigenvalue weighted by Crippen LogP contribution is 2.43. The topological polar surface area (TPSA) is 271 Å². The standard InChI is InChI=1S/C55H57F2N8O11PS2/c56-55(57,76-77(74)75)35-16-21-44-34(27-35)28-45(79-44)51(71)61-41-30-63(48(68)15-8-3-1-2-7-12-33-13-9-14-38-39(33)29-64(53(38)72)42-20-23-47(67)62-49(42)69)25-24-37-17-19-43(65(37)54(41)73)50(70)60-40(18-22-46(58)66)52-59-36(31-78-52)26-32-10-5-4-6-11-32/h4-6,9-11,13-14,16,21,27-28,31,37,40-43,74-75H,1-3,8,15,17-20,22-26,29-30H2,(H2,58,66)(H,60,70)(H,61,71)(H,62,67,69)/t37-,40+,41+,42?,43+/m1/s1. The molecule has 3 fully saturated rings. The van der Waals surface area contributed by atoms with Crippen LogP contribution in [0.5, 0.6) is 0 Å². The number of halogens is 2. The van der Waals surface area contributed by atoms with Crippen molar-refractivity contribution in [3.8, 4) is 11.8 Å². The summed E-state index contributed by atoms with van der Waals surface area (Å²) >= 11 is 2.30. The van der Waals surface area contributed by atoms with E-state index >= 15 is 0 Å². The Balaban J connectivity index is 0.872. The number of nitrogens with zero attached hydrogens (tertiary/aromatic N) is 4. The first-order chi connectivity index (χ1) is 37.9. The van der Waals surface area contributed by atoms with E-state index in [2.05, 4.69) is 32.3 Å². The first-order valence-electron chi connectivity index (χ1n) is 25.9. The van der Waals surface area contributed by atoms with Gasteiger partial charge in [0.25, 0.3) is 11.8 Å². The molecule has 0 spiro atoms. The van der Waals surface area contributed by atoms with Crippen molar-refractivity contribution in [3.63, 3.8) is 0 Å². The lowest BCUT2D eigenvalue weighted by atomic mass is 10.0. The van der Waals surface area contributed by atoms with Crippen LogP contribution in [0.1, 0.15) is 136 Å². The van der Waals surface area contributed by atoms with E-state index in [0.717, 1.165) is 40.3 Å². The highest BCUT2D eigenvalue weighted by molar-refractivity contribution is 7.39. The Morgan fingerprint density at radius 2 is 1.77 bits per heavy atom. The van der Waals surface area contributed by atoms with E-state index in [1.165, 1.54) is 33.3 Å². The van der Waals surface area contributed by atoms with E-state index in [0.29, 0.717) is 65.8 Å². The molecule has 2 aromatic heterocycles. The second-order valence-corrected chi connectivity index (χ2v) is 22.5. The Kier molecular flexibility index (Phi) is 17.9. The van der Waals surface area contributed by atoms with Gasteiger partial charge in [-0.3, -0.25) is 43.7 Å². The minimum absolute atomic E-state index is 0.0435. The number of alkyl halides is 2. The number of hydrogen-bond donors (Lipinski definition) is 6. The highest BCUT2D eigenvalue weighted by Gasteiger charge is 2.46. The van der Waals surface area contributed by atoms with E-state index in [9.17, 15) is 47.1 Å². The van der Waals surface area contributed by atoms with Crippen LogP contribution in [0.15, 0.2) is 78.2 Å². The van der Waals surface area contributed by atoms with Crippen LogP contribution in [0.4, 0.5) is 8.78 Å². The van der Waals surface area contributed by atoms with Gasteiger partial charge in [-0.05, 0) is 97.9 Å². The number of piperidine rings is 1. The van der Waals surface area contributed by atoms with Gasteiger partial charge in [0.05, 0.1) is 22.2 Å². The van der Waals surface area contributed by atoms with E-state index in [-0.39, 0.29) is 86.1 Å². The molecule has 9 rings (SSSR count). The molecule has 4 aliphatic heterocycles. The summed E-state index contributed by atoms with van der Waals surface area (Å²) in [6, 6.07) is 15.5. The quantitative estimate of drug-likeness (QED) is 0.0248. The number of thiazole rings is 1. The summed E-state index contributed by atoms with van der Waals surface area (Å²) in [7, 11) is -3.40. The second kappa shape index (κ2) is 24.9. The smallest absolute Gasteiger partial charge is 0.370 e. The number of unbranched alkanes of at least 4 members (excludes halogenated alkanes) is 3. The van der Waals surface area contributed by atoms with Crippen molar-refractivity contribution in [2.24, 2.45) is 5.73 Å². The zero-order valence-corrected chi connectivity index (χ0v) is 45.2. The number of thiophene rings is 1. The van der Waals surface area contributed by atoms with Gasteiger partial charge < -0.3 is 40.9 Å². The van der Waals surface area contributed by atoms with Gasteiger partial charge >= 0.3 is 14.7 Å². The van der Waals surface area contributed by atoms with Crippen LogP contribution < -0.4 is 21.7 Å². The Labute approximate surface area is 462 Å². The predicted molar refractivity (Wildman–Crippen MR) is 287 cm³/mol. The van der Waals surface area contributed by atoms with Gasteiger partial charge in [0.15, 0.2) is 0 Å². The maximum atomic E-state index is 15.0. The SMILES string of the molecule is NC(=O)CC[C@H](NC(=O)[C@@H]1CC[C@@H]2CCN(C(=O)CCCCCC#Cc3cccc4c3CN(C3CCC(=O)NC3=O)C4=O)C[C@H](NC(=O)c3cc4cc(C(F)(F)OP(O)O)ccc4s3)C(=O)N21)c1nc(Cc2ccccc2)cs1. The van der Waals surface area contributed by atoms with Gasteiger partial charge in [0, 0.05) is 79.0 Å². The third-order valence-corrected chi connectivity index (χ3v) is 17.0. The molecule has 0 aliphatic carbocycles. The van der Waals surface area contributed by atoms with Crippen LogP contribution in [0.3, 0.4) is 0 Å². The number of fused-ring (bicyclic) bond motifs is 3. The molecule has 6 heterocycles. The molecule has 3 aromatic carbocycles. The molecule has 1 unspecified atom stereocenters. The lowest BCUT2D eigenvalue weighted by Gasteiger charge is -2.39. The number of carbonyl (C=O) groups excluding carboxylic acids is 8. The third-order valence-electron chi connectivity index (χ3n) is 14.5. The summed E-state index contributed by atoms with van der Waals surface area (Å²) < 4.78 is 33.9. The Bertz CT molecular complexity index is 3240. The summed E-state index contributed by atoms with van der Waals surface area (Å²) in [5, 5.41) is 10.8. The van der Waals surface area contributed by atoms with Gasteiger partial charge in [0.2, 0.25) is 35.4 Å². The number of nitrogens with one attached hydrogen (secondary N) is 3. The van der Waals surface area contributed by atoms with Crippen molar-refractivity contribution in [2.75, 3.05) is 13.1 Å². The monoisotopic (exact) mass is 1140 g/mol. The van der Waals surface area contributed by atoms with E-state index in [1.54, 1.807) is 17.0 Å². The molecule has 7 N–H and O–H groups in total. The largest absolute Gasteiger partial charge is 0.389 e. The predicted octanol–water partition coefficient (Wildman–Crippen LogP) is 5.80. The average molecular weight is 1140 g/mol. The van der Waals surface area contributed by atoms with E-state index in [1.807, 2.05) is 41.8 Å². The fraction of sp³-hybridized carbons (Fsp3) is 0.400. The second-order valence-electron chi connectivity index (χ2n) is 19.9. The lowest BCUT2D eigenvalue weighted by molar-refractivity contribution is -0.189. The minimum atomic E-state index is -4.05. The van der Waals surface area contributed by atoms with Gasteiger partial charge in [-0.1, -0.05) is 54.7 Å². The van der Waals surface area contributed by atoms with Gasteiger partial charge in [0.1, 0.15) is 23.1 Å². The highest BCUT2D eigenvalue weighted by atomic mass is 32.1. The number of imide groups is 1. The van der Waals surface area contributed by atoms with Crippen molar-refractivity contribution >= 4 is 88.6 Å². The number of nitrogens with two attached hydrogens (primary N) is 1. The van der Waals surface area contributed by atoms with Crippen LogP contribution in [-0.4, -0.2) is 114 Å². The lowest BCUT2D eigenvalue weighted by Crippen LogP contribution is -2.61. The summed E-state index contributed by atoms with van der Waals surface area (Å²) in [5.41, 5.74) is 8.55. The number of primary amides is 1. The molecule has 5 atom stereocenters. The van der Waals surface area contributed by atoms with Crippen LogP contribution in [0.25, 0.3) is 10.1 Å². The maximum Gasteiger partial charge on any atom is 0.389 e. The zero-order valence-electron chi connectivity index (χ0n) is 42.7. The molecular formula is C55H57F2N8O11PS2. The number of hydrogen-bond acceptors (Lipinski definition) is 14. The molecule has 24 heteroatoms. The summed E-state index contributed by atoms with van der Waals surface area (Å²) in [6.07, 6.45) is 0.447. The first kappa shape index (κ1) is 56.7. The van der Waals surface area contributed by atoms with Crippen molar-refractivity contribution in [3.05, 3.63) is 122 Å². The molecule has 19 nitrogen and oxygen atoms in total. The summed E-state index contributed by atoms with van der Waals surface area (Å²) in [6.45, 7) is 0.179. The zero-order chi connectivity index (χ0) is 56.0. The molecule has 8 amide bonds. The number of amides is 8. The molecule has 0 saturated carbocycles. The summed E-state index contributed by atoms with van der Waals surface area (Å²) in [4.78, 5) is 135. The molecule has 5 aromatic rings. The fourth-order valence-corrected chi connectivity index (χ4v) is 12.7. The Hall–Kier alpha value is -7.06. The van der Waals surface area contributed by atoms with Crippen molar-refractivity contribution < 1.29 is 61.4 Å². The molecule has 0 bridgehead atoms. The number of benzene rings is 3. The van der Waals surface area contributed by atoms with Crippen LogP contribution in [0.2, 0.25) is 0 Å². The van der Waals surface area contributed by atoms with Crippen LogP contribution in [-0.2, 0) is 52.4 Å². The Morgan fingerprint density at radius 3 is 2.54 bits per heavy atom. The third kappa shape index (κ3) is 13.5. The molecule has 79 heavy (non-hydrogen) atoms. The fourth-order valence-electron chi connectivity index (χ4n) is 10.6. The molecule has 3 saturated heterocycles. The van der Waals surface area contributed by atoms with Crippen molar-refractivity contribution in [2.45, 2.75) is 126 Å². The molecule has 414 valence electrons. The van der Waals surface area contributed by atoms with Crippen LogP contribution in [0, 0.1) is 11.8 Å². The van der Waals surface area contributed by atoms with E-state index < -0.39 is 80.0 Å². The van der Waals surface area contributed by atoms with Gasteiger partial charge in [-0.2, -0.15) is 8.78 Å². The average Bonchev–Trinajstić information content (AvgIpc) is 4.40. The summed E-state index contributed by atoms with van der Waals surface area (Å²) in [5.74, 6) is 2.58.